The number of aromatic nitrogens is 4. The lowest BCUT2D eigenvalue weighted by molar-refractivity contribution is 0.402. The normalized spacial score (nSPS) is 11.0. The molecule has 2 heterocycles. The van der Waals surface area contributed by atoms with Crippen LogP contribution in [0.2, 0.25) is 0 Å². The second-order valence-electron chi connectivity index (χ2n) is 5.43. The number of nitrogens with zero attached hydrogens (tertiary/aromatic N) is 4. The van der Waals surface area contributed by atoms with Gasteiger partial charge in [-0.15, -0.1) is 10.2 Å². The Bertz CT molecular complexity index is 1060. The van der Waals surface area contributed by atoms with E-state index in [4.69, 9.17) is 4.42 Å². The van der Waals surface area contributed by atoms with E-state index in [1.807, 2.05) is 48.5 Å². The Balaban J connectivity index is 1.50. The molecule has 0 bridgehead atoms. The van der Waals surface area contributed by atoms with Gasteiger partial charge in [0.05, 0.1) is 17.2 Å². The Morgan fingerprint density at radius 3 is 2.68 bits per heavy atom. The molecule has 0 aliphatic carbocycles. The van der Waals surface area contributed by atoms with E-state index in [0.29, 0.717) is 22.0 Å². The Kier molecular flexibility index (Phi) is 4.30. The third-order valence-corrected chi connectivity index (χ3v) is 4.58. The molecule has 0 aliphatic rings. The average Bonchev–Trinajstić information content (AvgIpc) is 3.11. The molecule has 0 N–H and O–H groups in total. The zero-order chi connectivity index (χ0) is 17.1. The first-order valence-corrected chi connectivity index (χ1v) is 8.71. The molecule has 25 heavy (non-hydrogen) atoms. The van der Waals surface area contributed by atoms with Gasteiger partial charge in [0.25, 0.3) is 10.8 Å². The number of benzene rings is 2. The Labute approximate surface area is 147 Å². The summed E-state index contributed by atoms with van der Waals surface area (Å²) < 4.78 is 7.10. The van der Waals surface area contributed by atoms with E-state index in [9.17, 15) is 4.79 Å². The number of fused-ring (bicyclic) bond motifs is 1. The molecule has 0 atom stereocenters. The molecule has 2 aromatic carbocycles. The van der Waals surface area contributed by atoms with Crippen LogP contribution < -0.4 is 5.56 Å². The minimum Gasteiger partial charge on any atom is -0.414 e. The first kappa shape index (κ1) is 15.6. The molecule has 6 nitrogen and oxygen atoms in total. The standard InChI is InChI=1S/C18H14N4O2S/c23-17-14-8-4-5-9-15(14)19-12-22(17)10-16-20-21-18(24-16)25-11-13-6-2-1-3-7-13/h1-9,12H,10-11H2. The first-order valence-electron chi connectivity index (χ1n) is 7.73. The summed E-state index contributed by atoms with van der Waals surface area (Å²) in [6.07, 6.45) is 1.51. The Morgan fingerprint density at radius 2 is 1.80 bits per heavy atom. The van der Waals surface area contributed by atoms with E-state index in [2.05, 4.69) is 15.2 Å². The van der Waals surface area contributed by atoms with Gasteiger partial charge in [0.1, 0.15) is 6.54 Å². The molecule has 0 spiro atoms. The van der Waals surface area contributed by atoms with E-state index in [0.717, 1.165) is 5.75 Å². The van der Waals surface area contributed by atoms with Gasteiger partial charge in [-0.25, -0.2) is 4.98 Å². The molecule has 0 saturated carbocycles. The number of hydrogen-bond acceptors (Lipinski definition) is 6. The lowest BCUT2D eigenvalue weighted by Gasteiger charge is -2.03. The van der Waals surface area contributed by atoms with Gasteiger partial charge in [0.2, 0.25) is 5.89 Å². The van der Waals surface area contributed by atoms with Crippen LogP contribution in [0, 0.1) is 0 Å². The maximum absolute atomic E-state index is 12.5. The van der Waals surface area contributed by atoms with Gasteiger partial charge in [-0.2, -0.15) is 0 Å². The molecule has 0 amide bonds. The van der Waals surface area contributed by atoms with E-state index >= 15 is 0 Å². The first-order chi connectivity index (χ1) is 12.3. The van der Waals surface area contributed by atoms with Crippen LogP contribution in [-0.2, 0) is 12.3 Å². The maximum atomic E-state index is 12.5. The molecule has 0 fully saturated rings. The van der Waals surface area contributed by atoms with Crippen LogP contribution in [0.4, 0.5) is 0 Å². The maximum Gasteiger partial charge on any atom is 0.276 e. The van der Waals surface area contributed by atoms with Crippen LogP contribution in [-0.4, -0.2) is 19.7 Å². The third-order valence-electron chi connectivity index (χ3n) is 3.69. The molecule has 0 radical (unpaired) electrons. The summed E-state index contributed by atoms with van der Waals surface area (Å²) in [6, 6.07) is 17.3. The predicted molar refractivity (Wildman–Crippen MR) is 95.4 cm³/mol. The fourth-order valence-electron chi connectivity index (χ4n) is 2.44. The van der Waals surface area contributed by atoms with Crippen molar-refractivity contribution in [2.45, 2.75) is 17.5 Å². The van der Waals surface area contributed by atoms with E-state index in [1.165, 1.54) is 28.2 Å². The molecular weight excluding hydrogens is 336 g/mol. The second-order valence-corrected chi connectivity index (χ2v) is 6.36. The molecule has 2 aromatic heterocycles. The Hall–Kier alpha value is -2.93. The van der Waals surface area contributed by atoms with Crippen molar-refractivity contribution >= 4 is 22.7 Å². The van der Waals surface area contributed by atoms with Crippen LogP contribution in [0.25, 0.3) is 10.9 Å². The van der Waals surface area contributed by atoms with Gasteiger partial charge in [-0.1, -0.05) is 54.2 Å². The van der Waals surface area contributed by atoms with E-state index < -0.39 is 0 Å². The van der Waals surface area contributed by atoms with E-state index in [1.54, 1.807) is 6.07 Å². The van der Waals surface area contributed by atoms with Crippen molar-refractivity contribution in [2.75, 3.05) is 0 Å². The van der Waals surface area contributed by atoms with Gasteiger partial charge in [0, 0.05) is 5.75 Å². The molecule has 0 saturated heterocycles. The molecule has 4 aromatic rings. The number of para-hydroxylation sites is 1. The van der Waals surface area contributed by atoms with Crippen molar-refractivity contribution in [3.8, 4) is 0 Å². The number of hydrogen-bond donors (Lipinski definition) is 0. The highest BCUT2D eigenvalue weighted by Crippen LogP contribution is 2.21. The number of thioether (sulfide) groups is 1. The van der Waals surface area contributed by atoms with Gasteiger partial charge in [-0.05, 0) is 17.7 Å². The smallest absolute Gasteiger partial charge is 0.276 e. The van der Waals surface area contributed by atoms with E-state index in [-0.39, 0.29) is 12.1 Å². The lowest BCUT2D eigenvalue weighted by atomic mass is 10.2. The molecule has 7 heteroatoms. The SMILES string of the molecule is O=c1c2ccccc2ncn1Cc1nnc(SCc2ccccc2)o1. The highest BCUT2D eigenvalue weighted by molar-refractivity contribution is 7.98. The molecular formula is C18H14N4O2S. The van der Waals surface area contributed by atoms with Crippen molar-refractivity contribution in [3.63, 3.8) is 0 Å². The second kappa shape index (κ2) is 6.90. The van der Waals surface area contributed by atoms with Gasteiger partial charge < -0.3 is 4.42 Å². The third kappa shape index (κ3) is 3.46. The van der Waals surface area contributed by atoms with Crippen LogP contribution >= 0.6 is 11.8 Å². The Morgan fingerprint density at radius 1 is 1.00 bits per heavy atom. The van der Waals surface area contributed by atoms with Crippen LogP contribution in [0.1, 0.15) is 11.5 Å². The summed E-state index contributed by atoms with van der Waals surface area (Å²) in [5, 5.41) is 9.11. The van der Waals surface area contributed by atoms with Crippen LogP contribution in [0.15, 0.2) is 75.4 Å². The monoisotopic (exact) mass is 350 g/mol. The van der Waals surface area contributed by atoms with Crippen molar-refractivity contribution < 1.29 is 4.42 Å². The molecule has 4 rings (SSSR count). The van der Waals surface area contributed by atoms with Gasteiger partial charge in [0.15, 0.2) is 0 Å². The average molecular weight is 350 g/mol. The highest BCUT2D eigenvalue weighted by atomic mass is 32.2. The summed E-state index contributed by atoms with van der Waals surface area (Å²) in [4.78, 5) is 16.8. The summed E-state index contributed by atoms with van der Waals surface area (Å²) in [6.45, 7) is 0.204. The fraction of sp³-hybridized carbons (Fsp3) is 0.111. The summed E-state index contributed by atoms with van der Waals surface area (Å²) in [5.74, 6) is 1.13. The topological polar surface area (TPSA) is 73.8 Å². The quantitative estimate of drug-likeness (QED) is 0.515. The summed E-state index contributed by atoms with van der Waals surface area (Å²) in [5.41, 5.74) is 1.73. The molecule has 124 valence electrons. The van der Waals surface area contributed by atoms with Gasteiger partial charge >= 0.3 is 0 Å². The van der Waals surface area contributed by atoms with Crippen molar-refractivity contribution in [1.29, 1.82) is 0 Å². The number of rotatable bonds is 5. The molecule has 0 unspecified atom stereocenters. The lowest BCUT2D eigenvalue weighted by Crippen LogP contribution is -2.21. The predicted octanol–water partition coefficient (Wildman–Crippen LogP) is 3.12. The minimum atomic E-state index is -0.123. The van der Waals surface area contributed by atoms with Crippen molar-refractivity contribution in [1.82, 2.24) is 19.7 Å². The largest absolute Gasteiger partial charge is 0.414 e. The molecule has 0 aliphatic heterocycles. The zero-order valence-corrected chi connectivity index (χ0v) is 14.0. The van der Waals surface area contributed by atoms with Gasteiger partial charge in [-0.3, -0.25) is 9.36 Å². The van der Waals surface area contributed by atoms with Crippen molar-refractivity contribution in [3.05, 3.63) is 82.7 Å². The summed E-state index contributed by atoms with van der Waals surface area (Å²) >= 11 is 1.47. The zero-order valence-electron chi connectivity index (χ0n) is 13.2. The highest BCUT2D eigenvalue weighted by Gasteiger charge is 2.10. The van der Waals surface area contributed by atoms with Crippen LogP contribution in [0.3, 0.4) is 0 Å². The minimum absolute atomic E-state index is 0.123. The van der Waals surface area contributed by atoms with Crippen LogP contribution in [0.5, 0.6) is 0 Å². The fourth-order valence-corrected chi connectivity index (χ4v) is 3.18. The van der Waals surface area contributed by atoms with Crippen molar-refractivity contribution in [2.24, 2.45) is 0 Å². The summed E-state index contributed by atoms with van der Waals surface area (Å²) in [7, 11) is 0.